The number of hydrogen-bond donors (Lipinski definition) is 1. The van der Waals surface area contributed by atoms with Gasteiger partial charge in [-0.1, -0.05) is 0 Å². The Morgan fingerprint density at radius 3 is 2.55 bits per heavy atom. The molecular formula is C17H12N2O3. The van der Waals surface area contributed by atoms with Crippen molar-refractivity contribution in [1.29, 1.82) is 5.26 Å². The summed E-state index contributed by atoms with van der Waals surface area (Å²) in [6.45, 7) is 0. The molecule has 108 valence electrons. The summed E-state index contributed by atoms with van der Waals surface area (Å²) in [5.41, 5.74) is 2.42. The lowest BCUT2D eigenvalue weighted by Gasteiger charge is -2.06. The Morgan fingerprint density at radius 1 is 1.23 bits per heavy atom. The number of benzene rings is 2. The lowest BCUT2D eigenvalue weighted by molar-refractivity contribution is 0.0697. The second-order valence-electron chi connectivity index (χ2n) is 4.76. The minimum Gasteiger partial charge on any atom is -0.497 e. The van der Waals surface area contributed by atoms with Gasteiger partial charge in [-0.15, -0.1) is 0 Å². The summed E-state index contributed by atoms with van der Waals surface area (Å²) >= 11 is 0. The maximum atomic E-state index is 10.9. The number of aromatic nitrogens is 1. The van der Waals surface area contributed by atoms with Crippen LogP contribution < -0.4 is 4.74 Å². The highest BCUT2D eigenvalue weighted by atomic mass is 16.5. The van der Waals surface area contributed by atoms with Crippen molar-refractivity contribution in [3.8, 4) is 17.5 Å². The predicted octanol–water partition coefficient (Wildman–Crippen LogP) is 3.21. The molecule has 0 unspecified atom stereocenters. The zero-order valence-corrected chi connectivity index (χ0v) is 11.8. The molecule has 0 saturated heterocycles. The van der Waals surface area contributed by atoms with Gasteiger partial charge in [0.2, 0.25) is 0 Å². The maximum absolute atomic E-state index is 10.9. The third-order valence-electron chi connectivity index (χ3n) is 3.52. The maximum Gasteiger partial charge on any atom is 0.335 e. The Morgan fingerprint density at radius 2 is 1.95 bits per heavy atom. The van der Waals surface area contributed by atoms with E-state index in [1.54, 1.807) is 37.6 Å². The van der Waals surface area contributed by atoms with Gasteiger partial charge in [0, 0.05) is 17.3 Å². The largest absolute Gasteiger partial charge is 0.497 e. The van der Waals surface area contributed by atoms with Crippen LogP contribution in [-0.2, 0) is 0 Å². The van der Waals surface area contributed by atoms with Crippen LogP contribution >= 0.6 is 0 Å². The van der Waals surface area contributed by atoms with Crippen LogP contribution in [0.5, 0.6) is 5.75 Å². The van der Waals surface area contributed by atoms with Crippen LogP contribution in [0.3, 0.4) is 0 Å². The number of methoxy groups -OCH3 is 1. The number of hydrogen-bond acceptors (Lipinski definition) is 3. The van der Waals surface area contributed by atoms with E-state index in [1.807, 2.05) is 22.8 Å². The van der Waals surface area contributed by atoms with E-state index in [0.29, 0.717) is 11.3 Å². The van der Waals surface area contributed by atoms with Crippen LogP contribution in [0.4, 0.5) is 0 Å². The number of carboxylic acid groups (broad SMARTS) is 1. The van der Waals surface area contributed by atoms with E-state index in [2.05, 4.69) is 6.07 Å². The van der Waals surface area contributed by atoms with Gasteiger partial charge in [-0.3, -0.25) is 0 Å². The molecule has 2 aromatic carbocycles. The second kappa shape index (κ2) is 5.26. The predicted molar refractivity (Wildman–Crippen MR) is 81.5 cm³/mol. The van der Waals surface area contributed by atoms with Crippen LogP contribution in [0.15, 0.2) is 48.7 Å². The van der Waals surface area contributed by atoms with Crippen LogP contribution in [-0.4, -0.2) is 22.8 Å². The van der Waals surface area contributed by atoms with E-state index in [-0.39, 0.29) is 5.56 Å². The molecule has 22 heavy (non-hydrogen) atoms. The van der Waals surface area contributed by atoms with Crippen molar-refractivity contribution in [2.75, 3.05) is 7.11 Å². The van der Waals surface area contributed by atoms with Crippen molar-refractivity contribution in [1.82, 2.24) is 4.57 Å². The number of aromatic carboxylic acids is 1. The van der Waals surface area contributed by atoms with Crippen molar-refractivity contribution in [3.63, 3.8) is 0 Å². The molecule has 0 aliphatic rings. The summed E-state index contributed by atoms with van der Waals surface area (Å²) in [7, 11) is 1.58. The van der Waals surface area contributed by atoms with Gasteiger partial charge < -0.3 is 14.4 Å². The molecule has 1 aromatic heterocycles. The summed E-state index contributed by atoms with van der Waals surface area (Å²) in [6, 6.07) is 14.2. The van der Waals surface area contributed by atoms with Gasteiger partial charge in [-0.25, -0.2) is 4.79 Å². The first-order chi connectivity index (χ1) is 10.6. The van der Waals surface area contributed by atoms with Crippen molar-refractivity contribution >= 4 is 16.9 Å². The quantitative estimate of drug-likeness (QED) is 0.804. The summed E-state index contributed by atoms with van der Waals surface area (Å²) < 4.78 is 7.05. The zero-order chi connectivity index (χ0) is 15.7. The standard InChI is InChI=1S/C17H12N2O3/c1-22-14-6-7-16-15(8-14)12(9-18)10-19(16)13-4-2-11(3-5-13)17(20)21/h2-8,10H,1H3,(H,20,21). The van der Waals surface area contributed by atoms with Gasteiger partial charge in [0.15, 0.2) is 0 Å². The molecule has 0 atom stereocenters. The Kier molecular flexibility index (Phi) is 3.28. The lowest BCUT2D eigenvalue weighted by atomic mass is 10.2. The van der Waals surface area contributed by atoms with Crippen LogP contribution in [0, 0.1) is 11.3 Å². The van der Waals surface area contributed by atoms with E-state index in [9.17, 15) is 10.1 Å². The summed E-state index contributed by atoms with van der Waals surface area (Å²) in [6.07, 6.45) is 1.74. The molecule has 1 heterocycles. The van der Waals surface area contributed by atoms with Gasteiger partial charge in [0.25, 0.3) is 0 Å². The third kappa shape index (κ3) is 2.17. The number of nitriles is 1. The number of carbonyl (C=O) groups is 1. The minimum absolute atomic E-state index is 0.224. The zero-order valence-electron chi connectivity index (χ0n) is 11.8. The molecule has 0 spiro atoms. The smallest absolute Gasteiger partial charge is 0.335 e. The summed E-state index contributed by atoms with van der Waals surface area (Å²) in [4.78, 5) is 10.9. The van der Waals surface area contributed by atoms with Gasteiger partial charge in [0.05, 0.1) is 23.8 Å². The highest BCUT2D eigenvalue weighted by Crippen LogP contribution is 2.28. The topological polar surface area (TPSA) is 75.2 Å². The second-order valence-corrected chi connectivity index (χ2v) is 4.76. The van der Waals surface area contributed by atoms with E-state index in [0.717, 1.165) is 16.6 Å². The molecule has 0 aliphatic carbocycles. The Bertz CT molecular complexity index is 902. The molecule has 0 radical (unpaired) electrons. The van der Waals surface area contributed by atoms with Gasteiger partial charge in [-0.05, 0) is 42.5 Å². The molecule has 3 aromatic rings. The third-order valence-corrected chi connectivity index (χ3v) is 3.52. The number of nitrogens with zero attached hydrogens (tertiary/aromatic N) is 2. The fourth-order valence-electron chi connectivity index (χ4n) is 2.40. The fraction of sp³-hybridized carbons (Fsp3) is 0.0588. The van der Waals surface area contributed by atoms with E-state index < -0.39 is 5.97 Å². The first kappa shape index (κ1) is 13.7. The van der Waals surface area contributed by atoms with Crippen molar-refractivity contribution in [3.05, 3.63) is 59.8 Å². The van der Waals surface area contributed by atoms with Gasteiger partial charge in [0.1, 0.15) is 11.8 Å². The molecule has 0 amide bonds. The minimum atomic E-state index is -0.966. The van der Waals surface area contributed by atoms with Gasteiger partial charge in [-0.2, -0.15) is 5.26 Å². The Labute approximate surface area is 126 Å². The highest BCUT2D eigenvalue weighted by molar-refractivity contribution is 5.90. The molecule has 0 bridgehead atoms. The average Bonchev–Trinajstić information content (AvgIpc) is 2.92. The molecule has 0 saturated carbocycles. The molecule has 0 fully saturated rings. The van der Waals surface area contributed by atoms with Crippen molar-refractivity contribution < 1.29 is 14.6 Å². The summed E-state index contributed by atoms with van der Waals surface area (Å²) in [5.74, 6) is -0.283. The SMILES string of the molecule is COc1ccc2c(c1)c(C#N)cn2-c1ccc(C(=O)O)cc1. The first-order valence-corrected chi connectivity index (χ1v) is 6.57. The molecule has 3 rings (SSSR count). The Balaban J connectivity index is 2.19. The number of fused-ring (bicyclic) bond motifs is 1. The number of ether oxygens (including phenoxy) is 1. The molecule has 0 aliphatic heterocycles. The van der Waals surface area contributed by atoms with Crippen LogP contribution in [0.25, 0.3) is 16.6 Å². The molecule has 1 N–H and O–H groups in total. The fourth-order valence-corrected chi connectivity index (χ4v) is 2.40. The van der Waals surface area contributed by atoms with Gasteiger partial charge >= 0.3 is 5.97 Å². The number of carboxylic acids is 1. The van der Waals surface area contributed by atoms with Crippen molar-refractivity contribution in [2.45, 2.75) is 0 Å². The monoisotopic (exact) mass is 292 g/mol. The van der Waals surface area contributed by atoms with Crippen molar-refractivity contribution in [2.24, 2.45) is 0 Å². The average molecular weight is 292 g/mol. The molecule has 5 nitrogen and oxygen atoms in total. The lowest BCUT2D eigenvalue weighted by Crippen LogP contribution is -1.97. The highest BCUT2D eigenvalue weighted by Gasteiger charge is 2.11. The Hall–Kier alpha value is -3.26. The first-order valence-electron chi connectivity index (χ1n) is 6.57. The molecule has 5 heteroatoms. The van der Waals surface area contributed by atoms with E-state index in [1.165, 1.54) is 0 Å². The van der Waals surface area contributed by atoms with Crippen LogP contribution in [0.1, 0.15) is 15.9 Å². The van der Waals surface area contributed by atoms with E-state index >= 15 is 0 Å². The van der Waals surface area contributed by atoms with Crippen LogP contribution in [0.2, 0.25) is 0 Å². The molecular weight excluding hydrogens is 280 g/mol. The van der Waals surface area contributed by atoms with E-state index in [4.69, 9.17) is 9.84 Å². The summed E-state index contributed by atoms with van der Waals surface area (Å²) in [5, 5.41) is 19.0. The number of rotatable bonds is 3. The normalized spacial score (nSPS) is 10.4.